The summed E-state index contributed by atoms with van der Waals surface area (Å²) in [6, 6.07) is 0. The van der Waals surface area contributed by atoms with Gasteiger partial charge in [0.1, 0.15) is 6.10 Å². The second-order valence-corrected chi connectivity index (χ2v) is 13.0. The van der Waals surface area contributed by atoms with Gasteiger partial charge in [0.05, 0.1) is 6.61 Å². The predicted molar refractivity (Wildman–Crippen MR) is 187 cm³/mol. The molecular weight excluding hydrogens is 548 g/mol. The fourth-order valence-electron chi connectivity index (χ4n) is 5.75. The number of unbranched alkanes of at least 4 members (excludes halogenated alkanes) is 22. The van der Waals surface area contributed by atoms with Crippen LogP contribution in [0.25, 0.3) is 0 Å². The normalized spacial score (nSPS) is 12.9. The minimum absolute atomic E-state index is 0.0455. The van der Waals surface area contributed by atoms with Gasteiger partial charge in [0.25, 0.3) is 0 Å². The molecule has 0 saturated carbocycles. The van der Waals surface area contributed by atoms with Crippen molar-refractivity contribution in [1.29, 1.82) is 0 Å². The molecule has 0 fully saturated rings. The number of carbonyl (C=O) groups is 2. The maximum atomic E-state index is 12.8. The fourth-order valence-corrected chi connectivity index (χ4v) is 5.75. The van der Waals surface area contributed by atoms with Gasteiger partial charge in [-0.2, -0.15) is 0 Å². The van der Waals surface area contributed by atoms with E-state index in [1.54, 1.807) is 0 Å². The molecule has 0 aliphatic heterocycles. The van der Waals surface area contributed by atoms with E-state index in [2.05, 4.69) is 38.2 Å². The summed E-state index contributed by atoms with van der Waals surface area (Å²) in [6.07, 6.45) is 37.3. The molecule has 258 valence electrons. The van der Waals surface area contributed by atoms with Crippen LogP contribution >= 0.6 is 0 Å². The van der Waals surface area contributed by atoms with E-state index in [9.17, 15) is 24.9 Å². The summed E-state index contributed by atoms with van der Waals surface area (Å²) < 4.78 is 0. The van der Waals surface area contributed by atoms with Crippen LogP contribution in [0.3, 0.4) is 0 Å². The molecule has 0 aromatic heterocycles. The molecule has 3 N–H and O–H groups in total. The van der Waals surface area contributed by atoms with E-state index in [0.29, 0.717) is 12.8 Å². The van der Waals surface area contributed by atoms with E-state index in [-0.39, 0.29) is 12.8 Å². The lowest BCUT2D eigenvalue weighted by molar-refractivity contribution is -0.166. The lowest BCUT2D eigenvalue weighted by Gasteiger charge is -2.29. The lowest BCUT2D eigenvalue weighted by Crippen LogP contribution is -2.57. The van der Waals surface area contributed by atoms with Crippen LogP contribution in [0.1, 0.15) is 194 Å². The van der Waals surface area contributed by atoms with Crippen molar-refractivity contribution >= 4 is 11.6 Å². The van der Waals surface area contributed by atoms with Gasteiger partial charge in [-0.1, -0.05) is 141 Å². The van der Waals surface area contributed by atoms with Gasteiger partial charge in [0.15, 0.2) is 11.6 Å². The van der Waals surface area contributed by atoms with E-state index in [4.69, 9.17) is 0 Å². The van der Waals surface area contributed by atoms with Crippen LogP contribution in [-0.4, -0.2) is 45.2 Å². The molecule has 0 aromatic rings. The molecule has 5 nitrogen and oxygen atoms in total. The van der Waals surface area contributed by atoms with Crippen LogP contribution in [0.5, 0.6) is 0 Å². The Morgan fingerprint density at radius 1 is 0.500 bits per heavy atom. The number of rotatable bonds is 34. The van der Waals surface area contributed by atoms with Gasteiger partial charge in [0.2, 0.25) is 5.60 Å². The van der Waals surface area contributed by atoms with Crippen molar-refractivity contribution in [2.24, 2.45) is 0 Å². The van der Waals surface area contributed by atoms with Crippen LogP contribution in [0.4, 0.5) is 0 Å². The Bertz CT molecular complexity index is 661. The van der Waals surface area contributed by atoms with Crippen molar-refractivity contribution < 1.29 is 24.9 Å². The van der Waals surface area contributed by atoms with Crippen LogP contribution in [-0.2, 0) is 9.59 Å². The second-order valence-electron chi connectivity index (χ2n) is 13.0. The average molecular weight is 621 g/mol. The van der Waals surface area contributed by atoms with E-state index < -0.39 is 29.9 Å². The zero-order valence-corrected chi connectivity index (χ0v) is 29.1. The molecule has 0 aliphatic rings. The highest BCUT2D eigenvalue weighted by Crippen LogP contribution is 2.22. The molecule has 0 spiro atoms. The number of hydrogen-bond donors (Lipinski definition) is 3. The summed E-state index contributed by atoms with van der Waals surface area (Å²) in [5, 5.41) is 30.6. The van der Waals surface area contributed by atoms with Gasteiger partial charge in [-0.15, -0.1) is 0 Å². The van der Waals surface area contributed by atoms with Gasteiger partial charge < -0.3 is 15.3 Å². The zero-order chi connectivity index (χ0) is 32.6. The fraction of sp³-hybridized carbons (Fsp3) is 0.846. The summed E-state index contributed by atoms with van der Waals surface area (Å²) in [7, 11) is 0. The van der Waals surface area contributed by atoms with Gasteiger partial charge >= 0.3 is 0 Å². The second kappa shape index (κ2) is 31.7. The molecule has 0 amide bonds. The zero-order valence-electron chi connectivity index (χ0n) is 29.1. The Labute approximate surface area is 272 Å². The van der Waals surface area contributed by atoms with Gasteiger partial charge in [-0.05, 0) is 64.2 Å². The summed E-state index contributed by atoms with van der Waals surface area (Å²) in [5.41, 5.74) is -2.49. The van der Waals surface area contributed by atoms with Crippen molar-refractivity contribution in [1.82, 2.24) is 0 Å². The maximum absolute atomic E-state index is 12.8. The first-order chi connectivity index (χ1) is 21.4. The number of allylic oxidation sites excluding steroid dienone is 4. The number of aliphatic hydroxyl groups is 3. The van der Waals surface area contributed by atoms with E-state index in [1.165, 1.54) is 89.9 Å². The van der Waals surface area contributed by atoms with Crippen molar-refractivity contribution in [3.63, 3.8) is 0 Å². The third kappa shape index (κ3) is 23.1. The Morgan fingerprint density at radius 3 is 1.07 bits per heavy atom. The van der Waals surface area contributed by atoms with Gasteiger partial charge in [0, 0.05) is 12.8 Å². The van der Waals surface area contributed by atoms with Crippen molar-refractivity contribution in [3.05, 3.63) is 24.3 Å². The minimum Gasteiger partial charge on any atom is -0.394 e. The predicted octanol–water partition coefficient (Wildman–Crippen LogP) is 10.3. The molecule has 0 bridgehead atoms. The Kier molecular flexibility index (Phi) is 30.7. The summed E-state index contributed by atoms with van der Waals surface area (Å²) >= 11 is 0. The van der Waals surface area contributed by atoms with E-state index in [0.717, 1.165) is 64.2 Å². The smallest absolute Gasteiger partial charge is 0.209 e. The first-order valence-electron chi connectivity index (χ1n) is 18.8. The first-order valence-corrected chi connectivity index (χ1v) is 18.8. The third-order valence-electron chi connectivity index (χ3n) is 8.84. The van der Waals surface area contributed by atoms with Crippen LogP contribution in [0.15, 0.2) is 24.3 Å². The lowest BCUT2D eigenvalue weighted by atomic mass is 9.82. The van der Waals surface area contributed by atoms with Crippen molar-refractivity contribution in [3.8, 4) is 0 Å². The largest absolute Gasteiger partial charge is 0.394 e. The number of aliphatic hydroxyl groups excluding tert-OH is 2. The topological polar surface area (TPSA) is 94.8 Å². The molecule has 1 atom stereocenters. The minimum atomic E-state index is -2.49. The number of hydrogen-bond acceptors (Lipinski definition) is 5. The van der Waals surface area contributed by atoms with Crippen LogP contribution < -0.4 is 0 Å². The highest BCUT2D eigenvalue weighted by molar-refractivity contribution is 6.10. The summed E-state index contributed by atoms with van der Waals surface area (Å²) in [4.78, 5) is 25.7. The molecule has 44 heavy (non-hydrogen) atoms. The molecule has 5 heteroatoms. The molecule has 0 saturated heterocycles. The van der Waals surface area contributed by atoms with Gasteiger partial charge in [-0.25, -0.2) is 0 Å². The van der Waals surface area contributed by atoms with Crippen molar-refractivity contribution in [2.75, 3.05) is 6.61 Å². The molecule has 0 aromatic carbocycles. The number of carbonyl (C=O) groups excluding carboxylic acids is 2. The highest BCUT2D eigenvalue weighted by Gasteiger charge is 2.48. The van der Waals surface area contributed by atoms with Crippen LogP contribution in [0.2, 0.25) is 0 Å². The first kappa shape index (κ1) is 42.7. The van der Waals surface area contributed by atoms with E-state index in [1.807, 2.05) is 0 Å². The van der Waals surface area contributed by atoms with Crippen LogP contribution in [0, 0.1) is 0 Å². The molecular formula is C39H72O5. The summed E-state index contributed by atoms with van der Waals surface area (Å²) in [5.74, 6) is -1.32. The monoisotopic (exact) mass is 621 g/mol. The summed E-state index contributed by atoms with van der Waals surface area (Å²) in [6.45, 7) is 3.68. The number of Topliss-reactive ketones (excluding diaryl/α,β-unsaturated/α-hetero) is 2. The standard InChI is InChI=1S/C39H72O5/c1-3-5-7-9-11-13-15-17-19-21-23-25-27-29-31-33-36(41)39(44,38(43)35-40)37(42)34-32-30-28-26-24-22-20-18-16-14-12-10-8-6-4-2/h17-20,38,40,43-44H,3-16,21-35H2,1-2H3/b19-17-,20-18-. The Hall–Kier alpha value is -1.30. The molecule has 0 radical (unpaired) electrons. The molecule has 1 unspecified atom stereocenters. The Morgan fingerprint density at radius 2 is 0.773 bits per heavy atom. The van der Waals surface area contributed by atoms with Gasteiger partial charge in [-0.3, -0.25) is 9.59 Å². The maximum Gasteiger partial charge on any atom is 0.209 e. The molecule has 0 rings (SSSR count). The quantitative estimate of drug-likeness (QED) is 0.0378. The molecule has 0 aliphatic carbocycles. The van der Waals surface area contributed by atoms with Crippen molar-refractivity contribution in [2.45, 2.75) is 205 Å². The average Bonchev–Trinajstić information content (AvgIpc) is 3.03. The highest BCUT2D eigenvalue weighted by atomic mass is 16.4. The SMILES string of the molecule is CCCCCCCC/C=C\CCCCCCCC(=O)C(O)(C(=O)CCCCCCC/C=C\CCCCCCCC)C(O)CO. The Balaban J connectivity index is 4.02. The molecule has 0 heterocycles. The number of ketones is 2. The van der Waals surface area contributed by atoms with E-state index >= 15 is 0 Å². The third-order valence-corrected chi connectivity index (χ3v) is 8.84.